The first kappa shape index (κ1) is 11.6. The van der Waals surface area contributed by atoms with Gasteiger partial charge in [0.05, 0.1) is 16.6 Å². The number of nitrogens with one attached hydrogen (secondary N) is 1. The largest absolute Gasteiger partial charge is 0.350 e. The monoisotopic (exact) mass is 233 g/mol. The summed E-state index contributed by atoms with van der Waals surface area (Å²) in [6.07, 6.45) is 0. The number of carbonyl (C=O) groups excluding carboxylic acids is 1. The van der Waals surface area contributed by atoms with Gasteiger partial charge in [0.2, 0.25) is 0 Å². The molecule has 2 heterocycles. The maximum Gasteiger partial charge on any atom is 0.258 e. The lowest BCUT2D eigenvalue weighted by Crippen LogP contribution is -2.30. The van der Waals surface area contributed by atoms with E-state index in [2.05, 4.69) is 15.5 Å². The molecular formula is C12H15N3O2. The van der Waals surface area contributed by atoms with Gasteiger partial charge < -0.3 is 9.84 Å². The van der Waals surface area contributed by atoms with E-state index in [1.807, 2.05) is 20.8 Å². The Kier molecular flexibility index (Phi) is 2.83. The number of amides is 1. The van der Waals surface area contributed by atoms with E-state index >= 15 is 0 Å². The van der Waals surface area contributed by atoms with Crippen LogP contribution in [0, 0.1) is 13.8 Å². The molecular weight excluding hydrogens is 218 g/mol. The predicted octanol–water partition coefficient (Wildman–Crippen LogP) is 1.98. The van der Waals surface area contributed by atoms with E-state index < -0.39 is 0 Å². The number of nitrogens with zero attached hydrogens (tertiary/aromatic N) is 2. The first-order chi connectivity index (χ1) is 7.99. The maximum atomic E-state index is 12.1. The molecule has 0 fully saturated rings. The maximum absolute atomic E-state index is 12.1. The number of aryl methyl sites for hydroxylation is 2. The zero-order valence-electron chi connectivity index (χ0n) is 10.4. The number of rotatable bonds is 2. The summed E-state index contributed by atoms with van der Waals surface area (Å²) in [5, 5.41) is 7.39. The van der Waals surface area contributed by atoms with Crippen LogP contribution >= 0.6 is 0 Å². The highest BCUT2D eigenvalue weighted by atomic mass is 16.5. The Morgan fingerprint density at radius 1 is 1.41 bits per heavy atom. The van der Waals surface area contributed by atoms with Crippen LogP contribution in [0.4, 0.5) is 0 Å². The average molecular weight is 233 g/mol. The summed E-state index contributed by atoms with van der Waals surface area (Å²) in [6, 6.07) is 1.84. The fraction of sp³-hybridized carbons (Fsp3) is 0.417. The molecule has 0 aromatic carbocycles. The Morgan fingerprint density at radius 2 is 2.12 bits per heavy atom. The number of hydrogen-bond acceptors (Lipinski definition) is 4. The molecule has 0 unspecified atom stereocenters. The van der Waals surface area contributed by atoms with Gasteiger partial charge >= 0.3 is 0 Å². The molecule has 0 aliphatic heterocycles. The van der Waals surface area contributed by atoms with Crippen LogP contribution in [0.3, 0.4) is 0 Å². The Bertz CT molecular complexity index is 572. The smallest absolute Gasteiger partial charge is 0.258 e. The summed E-state index contributed by atoms with van der Waals surface area (Å²) in [4.78, 5) is 16.3. The molecule has 0 aliphatic carbocycles. The standard InChI is InChI=1S/C12H15N3O2/c1-6(2)13-11(16)9-5-7(3)14-12-10(9)8(4)15-17-12/h5-6H,1-4H3,(H,13,16). The number of carbonyl (C=O) groups is 1. The molecule has 1 N–H and O–H groups in total. The quantitative estimate of drug-likeness (QED) is 0.861. The summed E-state index contributed by atoms with van der Waals surface area (Å²) in [7, 11) is 0. The van der Waals surface area contributed by atoms with Crippen molar-refractivity contribution in [2.75, 3.05) is 0 Å². The first-order valence-corrected chi connectivity index (χ1v) is 5.53. The molecule has 17 heavy (non-hydrogen) atoms. The lowest BCUT2D eigenvalue weighted by molar-refractivity contribution is 0.0944. The van der Waals surface area contributed by atoms with E-state index in [0.29, 0.717) is 22.4 Å². The number of hydrogen-bond donors (Lipinski definition) is 1. The Labute approximate surface area is 99.2 Å². The first-order valence-electron chi connectivity index (χ1n) is 5.53. The molecule has 5 nitrogen and oxygen atoms in total. The van der Waals surface area contributed by atoms with Gasteiger partial charge in [-0.25, -0.2) is 4.98 Å². The van der Waals surface area contributed by atoms with E-state index in [9.17, 15) is 4.79 Å². The van der Waals surface area contributed by atoms with Crippen LogP contribution in [0.2, 0.25) is 0 Å². The van der Waals surface area contributed by atoms with Crippen molar-refractivity contribution in [1.29, 1.82) is 0 Å². The zero-order valence-corrected chi connectivity index (χ0v) is 10.4. The fourth-order valence-corrected chi connectivity index (χ4v) is 1.74. The summed E-state index contributed by atoms with van der Waals surface area (Å²) in [5.74, 6) is -0.123. The highest BCUT2D eigenvalue weighted by Crippen LogP contribution is 2.21. The van der Waals surface area contributed by atoms with Gasteiger partial charge in [-0.15, -0.1) is 0 Å². The van der Waals surface area contributed by atoms with Crippen LogP contribution in [0.5, 0.6) is 0 Å². The van der Waals surface area contributed by atoms with Crippen LogP contribution < -0.4 is 5.32 Å². The molecule has 2 aromatic heterocycles. The third kappa shape index (κ3) is 2.13. The minimum atomic E-state index is -0.123. The molecule has 0 atom stereocenters. The molecule has 0 saturated heterocycles. The highest BCUT2D eigenvalue weighted by Gasteiger charge is 2.17. The lowest BCUT2D eigenvalue weighted by Gasteiger charge is -2.09. The molecule has 0 radical (unpaired) electrons. The topological polar surface area (TPSA) is 68.0 Å². The third-order valence-electron chi connectivity index (χ3n) is 2.41. The molecule has 5 heteroatoms. The van der Waals surface area contributed by atoms with Crippen molar-refractivity contribution in [2.45, 2.75) is 33.7 Å². The second-order valence-corrected chi connectivity index (χ2v) is 4.39. The SMILES string of the molecule is Cc1cc(C(=O)NC(C)C)c2c(C)noc2n1. The summed E-state index contributed by atoms with van der Waals surface area (Å²) in [5.41, 5.74) is 2.40. The Balaban J connectivity index is 2.58. The van der Waals surface area contributed by atoms with Crippen molar-refractivity contribution in [1.82, 2.24) is 15.5 Å². The summed E-state index contributed by atoms with van der Waals surface area (Å²) >= 11 is 0. The van der Waals surface area contributed by atoms with Crippen LogP contribution in [0.15, 0.2) is 10.6 Å². The van der Waals surface area contributed by atoms with Crippen molar-refractivity contribution in [3.05, 3.63) is 23.0 Å². The molecule has 2 aromatic rings. The van der Waals surface area contributed by atoms with Crippen molar-refractivity contribution in [3.63, 3.8) is 0 Å². The molecule has 0 bridgehead atoms. The molecule has 1 amide bonds. The Hall–Kier alpha value is -1.91. The van der Waals surface area contributed by atoms with Crippen LogP contribution in [-0.4, -0.2) is 22.1 Å². The second kappa shape index (κ2) is 4.16. The van der Waals surface area contributed by atoms with Crippen molar-refractivity contribution >= 4 is 17.0 Å². The lowest BCUT2D eigenvalue weighted by atomic mass is 10.1. The molecule has 2 rings (SSSR count). The number of aromatic nitrogens is 2. The van der Waals surface area contributed by atoms with E-state index in [0.717, 1.165) is 5.69 Å². The van der Waals surface area contributed by atoms with Gasteiger partial charge in [-0.2, -0.15) is 0 Å². The minimum Gasteiger partial charge on any atom is -0.350 e. The van der Waals surface area contributed by atoms with Crippen LogP contribution in [-0.2, 0) is 0 Å². The van der Waals surface area contributed by atoms with Gasteiger partial charge in [0, 0.05) is 11.7 Å². The summed E-state index contributed by atoms with van der Waals surface area (Å²) < 4.78 is 5.08. The second-order valence-electron chi connectivity index (χ2n) is 4.39. The van der Waals surface area contributed by atoms with Crippen molar-refractivity contribution in [2.24, 2.45) is 0 Å². The van der Waals surface area contributed by atoms with E-state index in [-0.39, 0.29) is 11.9 Å². The fourth-order valence-electron chi connectivity index (χ4n) is 1.74. The molecule has 0 aliphatic rings. The van der Waals surface area contributed by atoms with E-state index in [4.69, 9.17) is 4.52 Å². The predicted molar refractivity (Wildman–Crippen MR) is 63.9 cm³/mol. The zero-order chi connectivity index (χ0) is 12.6. The normalized spacial score (nSPS) is 11.1. The highest BCUT2D eigenvalue weighted by molar-refractivity contribution is 6.06. The van der Waals surface area contributed by atoms with Gasteiger partial charge in [-0.1, -0.05) is 5.16 Å². The molecule has 90 valence electrons. The number of fused-ring (bicyclic) bond motifs is 1. The third-order valence-corrected chi connectivity index (χ3v) is 2.41. The van der Waals surface area contributed by atoms with E-state index in [1.54, 1.807) is 13.0 Å². The van der Waals surface area contributed by atoms with Crippen LogP contribution in [0.25, 0.3) is 11.1 Å². The molecule has 0 saturated carbocycles. The number of pyridine rings is 1. The van der Waals surface area contributed by atoms with Crippen LogP contribution in [0.1, 0.15) is 35.6 Å². The molecule has 0 spiro atoms. The van der Waals surface area contributed by atoms with Gasteiger partial charge in [0.1, 0.15) is 0 Å². The Morgan fingerprint density at radius 3 is 2.76 bits per heavy atom. The van der Waals surface area contributed by atoms with Gasteiger partial charge in [-0.05, 0) is 33.8 Å². The van der Waals surface area contributed by atoms with Gasteiger partial charge in [0.15, 0.2) is 0 Å². The van der Waals surface area contributed by atoms with Gasteiger partial charge in [0.25, 0.3) is 11.6 Å². The van der Waals surface area contributed by atoms with Crippen molar-refractivity contribution < 1.29 is 9.32 Å². The van der Waals surface area contributed by atoms with Gasteiger partial charge in [-0.3, -0.25) is 4.79 Å². The summed E-state index contributed by atoms with van der Waals surface area (Å²) in [6.45, 7) is 7.46. The van der Waals surface area contributed by atoms with Crippen molar-refractivity contribution in [3.8, 4) is 0 Å². The average Bonchev–Trinajstić information content (AvgIpc) is 2.58. The van der Waals surface area contributed by atoms with E-state index in [1.165, 1.54) is 0 Å². The minimum absolute atomic E-state index is 0.0891.